The highest BCUT2D eigenvalue weighted by Gasteiger charge is 2.44. The van der Waals surface area contributed by atoms with Crippen molar-refractivity contribution in [1.29, 1.82) is 0 Å². The number of hydrogen-bond acceptors (Lipinski definition) is 4. The van der Waals surface area contributed by atoms with Gasteiger partial charge in [-0.25, -0.2) is 4.68 Å². The Bertz CT molecular complexity index is 1040. The van der Waals surface area contributed by atoms with Crippen LogP contribution >= 0.6 is 11.6 Å². The monoisotopic (exact) mass is 408 g/mol. The number of fused-ring (bicyclic) bond motifs is 1. The lowest BCUT2D eigenvalue weighted by molar-refractivity contribution is -0.120. The summed E-state index contributed by atoms with van der Waals surface area (Å²) in [6.07, 6.45) is 4.06. The van der Waals surface area contributed by atoms with Crippen molar-refractivity contribution >= 4 is 23.5 Å². The van der Waals surface area contributed by atoms with Crippen LogP contribution in [0.4, 0.5) is 5.95 Å². The summed E-state index contributed by atoms with van der Waals surface area (Å²) in [6.45, 7) is 0. The van der Waals surface area contributed by atoms with Gasteiger partial charge in [0.2, 0.25) is 11.9 Å². The van der Waals surface area contributed by atoms with Crippen molar-refractivity contribution in [2.24, 2.45) is 5.92 Å². The first-order valence-corrected chi connectivity index (χ1v) is 10.2. The van der Waals surface area contributed by atoms with Crippen molar-refractivity contribution < 1.29 is 9.53 Å². The predicted octanol–water partition coefficient (Wildman–Crippen LogP) is 4.42. The first kappa shape index (κ1) is 18.2. The van der Waals surface area contributed by atoms with E-state index in [1.165, 1.54) is 6.33 Å². The van der Waals surface area contributed by atoms with Crippen LogP contribution < -0.4 is 9.64 Å². The zero-order valence-corrected chi connectivity index (χ0v) is 16.8. The Labute approximate surface area is 174 Å². The minimum Gasteiger partial charge on any atom is -0.497 e. The van der Waals surface area contributed by atoms with E-state index >= 15 is 0 Å². The van der Waals surface area contributed by atoms with Crippen LogP contribution in [0.25, 0.3) is 0 Å². The van der Waals surface area contributed by atoms with Crippen molar-refractivity contribution in [2.75, 3.05) is 12.0 Å². The van der Waals surface area contributed by atoms with E-state index in [1.54, 1.807) is 7.11 Å². The summed E-state index contributed by atoms with van der Waals surface area (Å²) in [4.78, 5) is 19.5. The molecule has 2 aliphatic rings. The third kappa shape index (κ3) is 3.17. The summed E-state index contributed by atoms with van der Waals surface area (Å²) in [5, 5.41) is 5.15. The molecule has 7 heteroatoms. The van der Waals surface area contributed by atoms with Crippen LogP contribution in [0.1, 0.15) is 42.5 Å². The number of methoxy groups -OCH3 is 1. The SMILES string of the molecule is COc1ccc([C@@H]2C[C@@H](c3ccccc3Cl)n3ncnc3N2C(=O)C2CC2)cc1. The van der Waals surface area contributed by atoms with Gasteiger partial charge in [0, 0.05) is 10.9 Å². The van der Waals surface area contributed by atoms with Gasteiger partial charge in [-0.3, -0.25) is 9.69 Å². The van der Waals surface area contributed by atoms with Gasteiger partial charge in [0.05, 0.1) is 19.2 Å². The Balaban J connectivity index is 1.62. The molecule has 0 unspecified atom stereocenters. The van der Waals surface area contributed by atoms with Crippen LogP contribution in [0.3, 0.4) is 0 Å². The van der Waals surface area contributed by atoms with Crippen molar-refractivity contribution in [1.82, 2.24) is 14.8 Å². The zero-order valence-electron chi connectivity index (χ0n) is 16.0. The standard InChI is InChI=1S/C22H21ClN4O2/c1-29-16-10-8-14(9-11-16)19-12-20(17-4-2-3-5-18(17)23)27-22(24-13-25-27)26(19)21(28)15-6-7-15/h2-5,8-11,13,15,19-20H,6-7,12H2,1H3/t19-,20-/m0/s1. The van der Waals surface area contributed by atoms with Crippen molar-refractivity contribution in [2.45, 2.75) is 31.3 Å². The minimum atomic E-state index is -0.146. The Morgan fingerprint density at radius 1 is 1.10 bits per heavy atom. The molecule has 0 N–H and O–H groups in total. The number of amides is 1. The van der Waals surface area contributed by atoms with Gasteiger partial charge in [-0.2, -0.15) is 10.1 Å². The maximum Gasteiger partial charge on any atom is 0.233 e. The molecule has 1 aromatic heterocycles. The molecule has 5 rings (SSSR count). The topological polar surface area (TPSA) is 60.2 Å². The Hall–Kier alpha value is -2.86. The second-order valence-electron chi connectivity index (χ2n) is 7.55. The lowest BCUT2D eigenvalue weighted by Crippen LogP contribution is -2.43. The molecular weight excluding hydrogens is 388 g/mol. The Morgan fingerprint density at radius 3 is 2.55 bits per heavy atom. The predicted molar refractivity (Wildman–Crippen MR) is 110 cm³/mol. The number of hydrogen-bond donors (Lipinski definition) is 0. The van der Waals surface area contributed by atoms with E-state index < -0.39 is 0 Å². The molecule has 1 aliphatic heterocycles. The fraction of sp³-hybridized carbons (Fsp3) is 0.318. The second-order valence-corrected chi connectivity index (χ2v) is 7.96. The molecular formula is C22H21ClN4O2. The van der Waals surface area contributed by atoms with Crippen LogP contribution in [-0.2, 0) is 4.79 Å². The van der Waals surface area contributed by atoms with Crippen LogP contribution in [0, 0.1) is 5.92 Å². The normalized spacial score (nSPS) is 21.0. The number of carbonyl (C=O) groups is 1. The van der Waals surface area contributed by atoms with Crippen LogP contribution in [0.5, 0.6) is 5.75 Å². The fourth-order valence-corrected chi connectivity index (χ4v) is 4.35. The number of ether oxygens (including phenoxy) is 1. The molecule has 148 valence electrons. The van der Waals surface area contributed by atoms with E-state index in [0.717, 1.165) is 29.7 Å². The lowest BCUT2D eigenvalue weighted by Gasteiger charge is -2.39. The molecule has 3 aromatic rings. The maximum atomic E-state index is 13.2. The number of rotatable bonds is 4. The number of anilines is 1. The van der Waals surface area contributed by atoms with Gasteiger partial charge in [0.25, 0.3) is 0 Å². The lowest BCUT2D eigenvalue weighted by atomic mass is 9.91. The number of benzene rings is 2. The second kappa shape index (κ2) is 7.19. The van der Waals surface area contributed by atoms with Gasteiger partial charge >= 0.3 is 0 Å². The maximum absolute atomic E-state index is 13.2. The number of aromatic nitrogens is 3. The summed E-state index contributed by atoms with van der Waals surface area (Å²) >= 11 is 6.53. The quantitative estimate of drug-likeness (QED) is 0.641. The molecule has 29 heavy (non-hydrogen) atoms. The summed E-state index contributed by atoms with van der Waals surface area (Å²) in [5.41, 5.74) is 2.03. The summed E-state index contributed by atoms with van der Waals surface area (Å²) in [6, 6.07) is 15.4. The highest BCUT2D eigenvalue weighted by Crippen LogP contribution is 2.45. The highest BCUT2D eigenvalue weighted by atomic mass is 35.5. The van der Waals surface area contributed by atoms with E-state index in [4.69, 9.17) is 16.3 Å². The smallest absolute Gasteiger partial charge is 0.233 e. The molecule has 0 bridgehead atoms. The molecule has 1 aliphatic carbocycles. The van der Waals surface area contributed by atoms with E-state index in [0.29, 0.717) is 17.4 Å². The Morgan fingerprint density at radius 2 is 1.86 bits per heavy atom. The van der Waals surface area contributed by atoms with Crippen molar-refractivity contribution in [3.05, 3.63) is 71.0 Å². The van der Waals surface area contributed by atoms with Gasteiger partial charge in [0.15, 0.2) is 0 Å². The van der Waals surface area contributed by atoms with Crippen molar-refractivity contribution in [3.63, 3.8) is 0 Å². The summed E-state index contributed by atoms with van der Waals surface area (Å²) in [7, 11) is 1.65. The fourth-order valence-electron chi connectivity index (χ4n) is 4.09. The minimum absolute atomic E-state index is 0.0813. The molecule has 1 amide bonds. The zero-order chi connectivity index (χ0) is 20.0. The van der Waals surface area contributed by atoms with E-state index in [-0.39, 0.29) is 23.9 Å². The van der Waals surface area contributed by atoms with E-state index in [9.17, 15) is 4.79 Å². The van der Waals surface area contributed by atoms with Gasteiger partial charge in [0.1, 0.15) is 12.1 Å². The molecule has 0 spiro atoms. The number of carbonyl (C=O) groups excluding carboxylic acids is 1. The van der Waals surface area contributed by atoms with E-state index in [2.05, 4.69) is 10.1 Å². The number of nitrogens with zero attached hydrogens (tertiary/aromatic N) is 4. The Kier molecular flexibility index (Phi) is 4.51. The number of halogens is 1. The molecule has 2 aromatic carbocycles. The summed E-state index contributed by atoms with van der Waals surface area (Å²) < 4.78 is 7.14. The largest absolute Gasteiger partial charge is 0.497 e. The molecule has 1 saturated carbocycles. The molecule has 2 atom stereocenters. The van der Waals surface area contributed by atoms with E-state index in [1.807, 2.05) is 58.1 Å². The van der Waals surface area contributed by atoms with Gasteiger partial charge in [-0.05, 0) is 48.6 Å². The van der Waals surface area contributed by atoms with Gasteiger partial charge < -0.3 is 4.74 Å². The molecule has 0 radical (unpaired) electrons. The van der Waals surface area contributed by atoms with Gasteiger partial charge in [-0.1, -0.05) is 41.9 Å². The van der Waals surface area contributed by atoms with Crippen LogP contribution in [0.2, 0.25) is 5.02 Å². The van der Waals surface area contributed by atoms with Crippen molar-refractivity contribution in [3.8, 4) is 5.75 Å². The van der Waals surface area contributed by atoms with Crippen LogP contribution in [0.15, 0.2) is 54.9 Å². The first-order valence-electron chi connectivity index (χ1n) is 9.78. The third-order valence-electron chi connectivity index (χ3n) is 5.75. The first-order chi connectivity index (χ1) is 14.2. The van der Waals surface area contributed by atoms with Gasteiger partial charge in [-0.15, -0.1) is 0 Å². The van der Waals surface area contributed by atoms with Crippen LogP contribution in [-0.4, -0.2) is 27.8 Å². The molecule has 2 heterocycles. The molecule has 0 saturated heterocycles. The molecule has 1 fully saturated rings. The average molecular weight is 409 g/mol. The average Bonchev–Trinajstić information content (AvgIpc) is 3.49. The summed E-state index contributed by atoms with van der Waals surface area (Å²) in [5.74, 6) is 1.57. The highest BCUT2D eigenvalue weighted by molar-refractivity contribution is 6.31. The molecule has 6 nitrogen and oxygen atoms in total. The third-order valence-corrected chi connectivity index (χ3v) is 6.10.